The van der Waals surface area contributed by atoms with Gasteiger partial charge in [0.1, 0.15) is 5.82 Å². The topological polar surface area (TPSA) is 119 Å². The van der Waals surface area contributed by atoms with Crippen molar-refractivity contribution in [3.8, 4) is 0 Å². The molecule has 1 saturated carbocycles. The van der Waals surface area contributed by atoms with E-state index in [1.165, 1.54) is 18.9 Å². The number of amides is 1. The minimum absolute atomic E-state index is 0.152. The van der Waals surface area contributed by atoms with Gasteiger partial charge in [0.05, 0.1) is 34.8 Å². The molecule has 220 valence electrons. The van der Waals surface area contributed by atoms with E-state index < -0.39 is 34.2 Å². The molecule has 2 aliphatic heterocycles. The average Bonchev–Trinajstić information content (AvgIpc) is 3.50. The highest BCUT2D eigenvalue weighted by Gasteiger charge is 2.44. The predicted molar refractivity (Wildman–Crippen MR) is 154 cm³/mol. The minimum Gasteiger partial charge on any atom is -0.395 e. The molecule has 3 aromatic rings. The number of benzene rings is 1. The summed E-state index contributed by atoms with van der Waals surface area (Å²) >= 11 is 0. The molecule has 41 heavy (non-hydrogen) atoms. The van der Waals surface area contributed by atoms with Crippen LogP contribution in [0.2, 0.25) is 0 Å². The molecule has 4 heterocycles. The molecule has 10 nitrogen and oxygen atoms in total. The quantitative estimate of drug-likeness (QED) is 0.365. The molecule has 0 atom stereocenters. The second kappa shape index (κ2) is 10.4. The predicted octanol–water partition coefficient (Wildman–Crippen LogP) is 3.94. The number of carbonyl (C=O) groups excluding carboxylic acids is 1. The number of aliphatic hydroxyl groups excluding tert-OH is 1. The highest BCUT2D eigenvalue weighted by atomic mass is 32.2. The first-order chi connectivity index (χ1) is 19.6. The smallest absolute Gasteiger partial charge is 0.258 e. The van der Waals surface area contributed by atoms with Gasteiger partial charge in [0.2, 0.25) is 16.0 Å². The summed E-state index contributed by atoms with van der Waals surface area (Å²) < 4.78 is 56.6. The maximum absolute atomic E-state index is 13.8. The lowest BCUT2D eigenvalue weighted by molar-refractivity contribution is -0.0222. The standard InChI is InChI=1S/C28H34F2N6O4S/c29-28(30)9-14-35(15-10-28)26-32-24(19-21-2-1-11-36(21)26)31-25(38)22-4-3-20(33-41(39,40)17-16-37)18-23(22)34-12-7-27(5-6-27)8-13-34/h1-4,11,18-19,33,37H,5-10,12-17H2,(H,31,38). The number of alkyl halides is 2. The summed E-state index contributed by atoms with van der Waals surface area (Å²) in [5.41, 5.74) is 2.48. The van der Waals surface area contributed by atoms with Crippen molar-refractivity contribution in [2.24, 2.45) is 5.41 Å². The van der Waals surface area contributed by atoms with E-state index in [2.05, 4.69) is 19.9 Å². The van der Waals surface area contributed by atoms with Crippen molar-refractivity contribution in [2.45, 2.75) is 44.4 Å². The van der Waals surface area contributed by atoms with Crippen LogP contribution in [0.5, 0.6) is 0 Å². The van der Waals surface area contributed by atoms with Crippen LogP contribution in [-0.4, -0.2) is 73.3 Å². The molecule has 0 bridgehead atoms. The molecule has 13 heteroatoms. The lowest BCUT2D eigenvalue weighted by atomic mass is 9.93. The molecule has 3 aliphatic rings. The molecule has 1 spiro atoms. The van der Waals surface area contributed by atoms with Gasteiger partial charge in [-0.15, -0.1) is 0 Å². The van der Waals surface area contributed by atoms with Gasteiger partial charge >= 0.3 is 0 Å². The number of halogens is 2. The minimum atomic E-state index is -3.74. The van der Waals surface area contributed by atoms with Crippen LogP contribution in [0.4, 0.5) is 31.9 Å². The van der Waals surface area contributed by atoms with E-state index >= 15 is 0 Å². The molecule has 1 aliphatic carbocycles. The van der Waals surface area contributed by atoms with E-state index in [1.54, 1.807) is 23.1 Å². The maximum atomic E-state index is 13.8. The summed E-state index contributed by atoms with van der Waals surface area (Å²) in [6.45, 7) is 1.31. The Balaban J connectivity index is 1.29. The van der Waals surface area contributed by atoms with Crippen molar-refractivity contribution >= 4 is 44.6 Å². The number of piperidine rings is 2. The van der Waals surface area contributed by atoms with Crippen molar-refractivity contribution in [1.82, 2.24) is 9.38 Å². The van der Waals surface area contributed by atoms with Crippen molar-refractivity contribution in [2.75, 3.05) is 58.4 Å². The number of aromatic nitrogens is 2. The van der Waals surface area contributed by atoms with Gasteiger partial charge in [0, 0.05) is 51.3 Å². The molecule has 2 saturated heterocycles. The largest absolute Gasteiger partial charge is 0.395 e. The van der Waals surface area contributed by atoms with Gasteiger partial charge in [-0.2, -0.15) is 4.98 Å². The number of sulfonamides is 1. The van der Waals surface area contributed by atoms with Gasteiger partial charge < -0.3 is 20.2 Å². The van der Waals surface area contributed by atoms with Gasteiger partial charge in [-0.25, -0.2) is 17.2 Å². The number of hydrogen-bond acceptors (Lipinski definition) is 7. The van der Waals surface area contributed by atoms with E-state index in [4.69, 9.17) is 5.11 Å². The monoisotopic (exact) mass is 588 g/mol. The summed E-state index contributed by atoms with van der Waals surface area (Å²) in [6.07, 6.45) is 5.76. The van der Waals surface area contributed by atoms with E-state index in [9.17, 15) is 22.0 Å². The zero-order chi connectivity index (χ0) is 28.8. The average molecular weight is 589 g/mol. The Morgan fingerprint density at radius 1 is 0.976 bits per heavy atom. The molecule has 6 rings (SSSR count). The number of hydrogen-bond donors (Lipinski definition) is 3. The molecule has 1 amide bonds. The first kappa shape index (κ1) is 27.7. The van der Waals surface area contributed by atoms with E-state index in [0.717, 1.165) is 31.4 Å². The first-order valence-electron chi connectivity index (χ1n) is 14.0. The van der Waals surface area contributed by atoms with Crippen LogP contribution in [0, 0.1) is 5.41 Å². The molecule has 3 fully saturated rings. The summed E-state index contributed by atoms with van der Waals surface area (Å²) in [5.74, 6) is -2.75. The number of aliphatic hydroxyl groups is 1. The van der Waals surface area contributed by atoms with Crippen molar-refractivity contribution in [1.29, 1.82) is 0 Å². The fraction of sp³-hybridized carbons (Fsp3) is 0.500. The SMILES string of the molecule is O=C(Nc1cc2cccn2c(N2CCC(F)(F)CC2)n1)c1ccc(NS(=O)(=O)CCO)cc1N1CCC2(CC1)CC2. The molecule has 0 unspecified atom stereocenters. The van der Waals surface area contributed by atoms with Gasteiger partial charge in [-0.3, -0.25) is 13.9 Å². The third-order valence-electron chi connectivity index (χ3n) is 8.52. The molecular formula is C28H34F2N6O4S. The van der Waals surface area contributed by atoms with Gasteiger partial charge in [-0.05, 0) is 61.4 Å². The number of carbonyl (C=O) groups is 1. The van der Waals surface area contributed by atoms with Crippen LogP contribution in [0.15, 0.2) is 42.6 Å². The Kier molecular flexibility index (Phi) is 7.05. The fourth-order valence-electron chi connectivity index (χ4n) is 5.83. The van der Waals surface area contributed by atoms with Crippen molar-refractivity contribution < 1.29 is 27.1 Å². The zero-order valence-electron chi connectivity index (χ0n) is 22.7. The van der Waals surface area contributed by atoms with Crippen molar-refractivity contribution in [3.63, 3.8) is 0 Å². The molecule has 2 aromatic heterocycles. The number of rotatable bonds is 8. The van der Waals surface area contributed by atoms with Gasteiger partial charge in [0.15, 0.2) is 0 Å². The summed E-state index contributed by atoms with van der Waals surface area (Å²) in [4.78, 5) is 22.3. The number of nitrogens with one attached hydrogen (secondary N) is 2. The van der Waals surface area contributed by atoms with Crippen molar-refractivity contribution in [3.05, 3.63) is 48.2 Å². The summed E-state index contributed by atoms with van der Waals surface area (Å²) in [5, 5.41) is 12.0. The highest BCUT2D eigenvalue weighted by molar-refractivity contribution is 7.92. The van der Waals surface area contributed by atoms with Crippen LogP contribution in [0.25, 0.3) is 5.52 Å². The third kappa shape index (κ3) is 5.96. The Bertz CT molecular complexity index is 1550. The zero-order valence-corrected chi connectivity index (χ0v) is 23.5. The van der Waals surface area contributed by atoms with Crippen LogP contribution < -0.4 is 19.8 Å². The first-order valence-corrected chi connectivity index (χ1v) is 15.6. The third-order valence-corrected chi connectivity index (χ3v) is 9.78. The second-order valence-corrected chi connectivity index (χ2v) is 13.2. The fourth-order valence-corrected chi connectivity index (χ4v) is 6.66. The van der Waals surface area contributed by atoms with E-state index in [1.807, 2.05) is 22.7 Å². The molecular weight excluding hydrogens is 554 g/mol. The van der Waals surface area contributed by atoms with Gasteiger partial charge in [0.25, 0.3) is 11.8 Å². The lowest BCUT2D eigenvalue weighted by Crippen LogP contribution is -2.40. The highest BCUT2D eigenvalue weighted by Crippen LogP contribution is 2.54. The van der Waals surface area contributed by atoms with Gasteiger partial charge in [-0.1, -0.05) is 0 Å². The lowest BCUT2D eigenvalue weighted by Gasteiger charge is -2.35. The summed E-state index contributed by atoms with van der Waals surface area (Å²) in [6, 6.07) is 10.2. The maximum Gasteiger partial charge on any atom is 0.258 e. The Hall–Kier alpha value is -3.45. The number of anilines is 4. The van der Waals surface area contributed by atoms with E-state index in [0.29, 0.717) is 34.1 Å². The number of fused-ring (bicyclic) bond motifs is 1. The van der Waals surface area contributed by atoms with Crippen LogP contribution >= 0.6 is 0 Å². The number of nitrogens with zero attached hydrogens (tertiary/aromatic N) is 4. The Labute approximate surface area is 237 Å². The van der Waals surface area contributed by atoms with Crippen LogP contribution in [-0.2, 0) is 10.0 Å². The second-order valence-electron chi connectivity index (χ2n) is 11.4. The molecule has 0 radical (unpaired) electrons. The van der Waals surface area contributed by atoms with Crippen LogP contribution in [0.3, 0.4) is 0 Å². The normalized spacial score (nSPS) is 19.9. The Morgan fingerprint density at radius 3 is 2.37 bits per heavy atom. The van der Waals surface area contributed by atoms with E-state index in [-0.39, 0.29) is 25.9 Å². The molecule has 1 aromatic carbocycles. The van der Waals surface area contributed by atoms with Crippen LogP contribution in [0.1, 0.15) is 48.9 Å². The Morgan fingerprint density at radius 2 is 1.68 bits per heavy atom. The molecule has 3 N–H and O–H groups in total. The summed E-state index contributed by atoms with van der Waals surface area (Å²) in [7, 11) is -3.74.